The largest absolute Gasteiger partial charge is 0.392 e. The summed E-state index contributed by atoms with van der Waals surface area (Å²) >= 11 is 0. The van der Waals surface area contributed by atoms with Crippen molar-refractivity contribution in [1.82, 2.24) is 4.98 Å². The third kappa shape index (κ3) is 4.16. The number of pyridine rings is 1. The van der Waals surface area contributed by atoms with Crippen LogP contribution >= 0.6 is 0 Å². The summed E-state index contributed by atoms with van der Waals surface area (Å²) in [7, 11) is -3.29. The Hall–Kier alpha value is -1.14. The van der Waals surface area contributed by atoms with E-state index >= 15 is 0 Å². The van der Waals surface area contributed by atoms with Gasteiger partial charge in [0.25, 0.3) is 0 Å². The highest BCUT2D eigenvalue weighted by atomic mass is 32.2. The molecule has 0 aliphatic heterocycles. The molecular formula is C10H16N2O3S. The van der Waals surface area contributed by atoms with Gasteiger partial charge >= 0.3 is 0 Å². The van der Waals surface area contributed by atoms with Gasteiger partial charge in [0, 0.05) is 6.20 Å². The molecule has 0 aromatic carbocycles. The van der Waals surface area contributed by atoms with Gasteiger partial charge in [-0.3, -0.25) is 4.72 Å². The van der Waals surface area contributed by atoms with Gasteiger partial charge in [-0.15, -0.1) is 0 Å². The van der Waals surface area contributed by atoms with Gasteiger partial charge in [-0.25, -0.2) is 13.4 Å². The fraction of sp³-hybridized carbons (Fsp3) is 0.500. The Balaban J connectivity index is 2.65. The zero-order chi connectivity index (χ0) is 12.0. The number of aliphatic hydroxyl groups is 1. The van der Waals surface area contributed by atoms with Gasteiger partial charge in [0.05, 0.1) is 12.4 Å². The van der Waals surface area contributed by atoms with E-state index in [1.165, 1.54) is 12.3 Å². The first-order valence-electron chi connectivity index (χ1n) is 5.13. The number of unbranched alkanes of at least 4 members (excludes halogenated alkanes) is 1. The lowest BCUT2D eigenvalue weighted by Gasteiger charge is -2.06. The number of sulfonamides is 1. The van der Waals surface area contributed by atoms with Crippen molar-refractivity contribution >= 4 is 15.8 Å². The quantitative estimate of drug-likeness (QED) is 0.785. The van der Waals surface area contributed by atoms with Crippen molar-refractivity contribution in [2.24, 2.45) is 0 Å². The predicted molar refractivity (Wildman–Crippen MR) is 62.5 cm³/mol. The van der Waals surface area contributed by atoms with Crippen molar-refractivity contribution < 1.29 is 13.5 Å². The van der Waals surface area contributed by atoms with Crippen LogP contribution < -0.4 is 4.72 Å². The van der Waals surface area contributed by atoms with E-state index < -0.39 is 10.0 Å². The van der Waals surface area contributed by atoms with E-state index in [0.29, 0.717) is 12.0 Å². The van der Waals surface area contributed by atoms with Crippen LogP contribution in [0.3, 0.4) is 0 Å². The average Bonchev–Trinajstić information content (AvgIpc) is 2.27. The summed E-state index contributed by atoms with van der Waals surface area (Å²) in [5.74, 6) is 0.390. The van der Waals surface area contributed by atoms with Gasteiger partial charge in [-0.05, 0) is 18.1 Å². The summed E-state index contributed by atoms with van der Waals surface area (Å²) in [6.07, 6.45) is 2.90. The van der Waals surface area contributed by atoms with E-state index in [-0.39, 0.29) is 18.2 Å². The molecule has 1 rings (SSSR count). The summed E-state index contributed by atoms with van der Waals surface area (Å²) in [6, 6.07) is 3.17. The first-order valence-corrected chi connectivity index (χ1v) is 6.79. The fourth-order valence-electron chi connectivity index (χ4n) is 1.12. The molecule has 0 bridgehead atoms. The number of rotatable bonds is 6. The molecule has 0 saturated carbocycles. The molecule has 0 aliphatic carbocycles. The second kappa shape index (κ2) is 5.81. The third-order valence-electron chi connectivity index (χ3n) is 2.03. The van der Waals surface area contributed by atoms with Gasteiger partial charge in [-0.1, -0.05) is 19.4 Å². The smallest absolute Gasteiger partial charge is 0.233 e. The van der Waals surface area contributed by atoms with Gasteiger partial charge in [0.1, 0.15) is 5.82 Å². The minimum Gasteiger partial charge on any atom is -0.392 e. The van der Waals surface area contributed by atoms with Crippen molar-refractivity contribution in [3.8, 4) is 0 Å². The number of nitrogens with one attached hydrogen (secondary N) is 1. The van der Waals surface area contributed by atoms with Crippen LogP contribution in [0.2, 0.25) is 0 Å². The van der Waals surface area contributed by atoms with E-state index in [9.17, 15) is 8.42 Å². The maximum Gasteiger partial charge on any atom is 0.233 e. The number of hydrogen-bond donors (Lipinski definition) is 2. The van der Waals surface area contributed by atoms with E-state index in [2.05, 4.69) is 9.71 Å². The molecule has 0 spiro atoms. The second-order valence-corrected chi connectivity index (χ2v) is 5.33. The van der Waals surface area contributed by atoms with Crippen molar-refractivity contribution in [1.29, 1.82) is 0 Å². The monoisotopic (exact) mass is 244 g/mol. The first kappa shape index (κ1) is 12.9. The average molecular weight is 244 g/mol. The minimum absolute atomic E-state index is 0.101. The number of anilines is 1. The molecule has 1 heterocycles. The van der Waals surface area contributed by atoms with Crippen LogP contribution in [-0.4, -0.2) is 24.3 Å². The number of aliphatic hydroxyl groups excluding tert-OH is 1. The molecule has 0 saturated heterocycles. The topological polar surface area (TPSA) is 79.3 Å². The zero-order valence-electron chi connectivity index (χ0n) is 9.18. The SMILES string of the molecule is CCCCS(=O)(=O)Nc1ccc(CO)cn1. The van der Waals surface area contributed by atoms with Crippen LogP contribution in [0.1, 0.15) is 25.3 Å². The van der Waals surface area contributed by atoms with Crippen LogP contribution in [0.15, 0.2) is 18.3 Å². The summed E-state index contributed by atoms with van der Waals surface area (Å²) in [5, 5.41) is 8.80. The second-order valence-electron chi connectivity index (χ2n) is 3.48. The van der Waals surface area contributed by atoms with Crippen molar-refractivity contribution in [3.05, 3.63) is 23.9 Å². The summed E-state index contributed by atoms with van der Waals surface area (Å²) in [4.78, 5) is 3.89. The van der Waals surface area contributed by atoms with Crippen LogP contribution in [0, 0.1) is 0 Å². The first-order chi connectivity index (χ1) is 7.57. The lowest BCUT2D eigenvalue weighted by molar-refractivity contribution is 0.281. The highest BCUT2D eigenvalue weighted by Gasteiger charge is 2.09. The standard InChI is InChI=1S/C10H16N2O3S/c1-2-3-6-16(14,15)12-10-5-4-9(8-13)7-11-10/h4-5,7,13H,2-3,6,8H2,1H3,(H,11,12). The zero-order valence-corrected chi connectivity index (χ0v) is 10.00. The van der Waals surface area contributed by atoms with Crippen molar-refractivity contribution in [3.63, 3.8) is 0 Å². The van der Waals surface area contributed by atoms with Gasteiger partial charge in [0.15, 0.2) is 0 Å². The molecular weight excluding hydrogens is 228 g/mol. The number of hydrogen-bond acceptors (Lipinski definition) is 4. The number of aromatic nitrogens is 1. The molecule has 1 aromatic heterocycles. The number of nitrogens with zero attached hydrogens (tertiary/aromatic N) is 1. The van der Waals surface area contributed by atoms with Gasteiger partial charge < -0.3 is 5.11 Å². The van der Waals surface area contributed by atoms with Crippen LogP contribution in [0.5, 0.6) is 0 Å². The molecule has 0 radical (unpaired) electrons. The predicted octanol–water partition coefficient (Wildman–Crippen LogP) is 1.12. The molecule has 5 nitrogen and oxygen atoms in total. The Morgan fingerprint density at radius 2 is 2.19 bits per heavy atom. The highest BCUT2D eigenvalue weighted by Crippen LogP contribution is 2.08. The Morgan fingerprint density at radius 1 is 1.44 bits per heavy atom. The minimum atomic E-state index is -3.29. The fourth-order valence-corrected chi connectivity index (χ4v) is 2.33. The Labute approximate surface area is 95.6 Å². The van der Waals surface area contributed by atoms with Gasteiger partial charge in [-0.2, -0.15) is 0 Å². The van der Waals surface area contributed by atoms with E-state index in [1.807, 2.05) is 6.92 Å². The molecule has 90 valence electrons. The third-order valence-corrected chi connectivity index (χ3v) is 3.38. The Morgan fingerprint density at radius 3 is 2.69 bits per heavy atom. The van der Waals surface area contributed by atoms with Crippen LogP contribution in [0.4, 0.5) is 5.82 Å². The molecule has 0 amide bonds. The molecule has 0 fully saturated rings. The molecule has 0 unspecified atom stereocenters. The lowest BCUT2D eigenvalue weighted by Crippen LogP contribution is -2.17. The van der Waals surface area contributed by atoms with Crippen LogP contribution in [-0.2, 0) is 16.6 Å². The van der Waals surface area contributed by atoms with Crippen molar-refractivity contribution in [2.45, 2.75) is 26.4 Å². The Bertz CT molecular complexity index is 414. The van der Waals surface area contributed by atoms with Crippen molar-refractivity contribution in [2.75, 3.05) is 10.5 Å². The van der Waals surface area contributed by atoms with E-state index in [4.69, 9.17) is 5.11 Å². The molecule has 16 heavy (non-hydrogen) atoms. The maximum atomic E-state index is 11.5. The molecule has 0 aliphatic rings. The van der Waals surface area contributed by atoms with Crippen LogP contribution in [0.25, 0.3) is 0 Å². The summed E-state index contributed by atoms with van der Waals surface area (Å²) in [5.41, 5.74) is 0.650. The lowest BCUT2D eigenvalue weighted by atomic mass is 10.3. The van der Waals surface area contributed by atoms with Gasteiger partial charge in [0.2, 0.25) is 10.0 Å². The van der Waals surface area contributed by atoms with E-state index in [1.54, 1.807) is 6.07 Å². The summed E-state index contributed by atoms with van der Waals surface area (Å²) < 4.78 is 25.4. The molecule has 2 N–H and O–H groups in total. The highest BCUT2D eigenvalue weighted by molar-refractivity contribution is 7.92. The maximum absolute atomic E-state index is 11.5. The normalized spacial score (nSPS) is 11.4. The van der Waals surface area contributed by atoms with E-state index in [0.717, 1.165) is 6.42 Å². The summed E-state index contributed by atoms with van der Waals surface area (Å²) in [6.45, 7) is 1.83. The Kier molecular flexibility index (Phi) is 4.70. The molecule has 0 atom stereocenters. The molecule has 1 aromatic rings. The molecule has 6 heteroatoms.